The number of aryl methyl sites for hydroxylation is 1. The molecule has 0 saturated carbocycles. The van der Waals surface area contributed by atoms with Crippen LogP contribution in [0.5, 0.6) is 0 Å². The summed E-state index contributed by atoms with van der Waals surface area (Å²) in [7, 11) is 0. The average Bonchev–Trinajstić information content (AvgIpc) is 2.91. The number of fused-ring (bicyclic) bond motifs is 1. The van der Waals surface area contributed by atoms with Crippen molar-refractivity contribution >= 4 is 11.6 Å². The Bertz CT molecular complexity index is 668. The summed E-state index contributed by atoms with van der Waals surface area (Å²) in [5, 5.41) is 16.0. The summed E-state index contributed by atoms with van der Waals surface area (Å²) in [6.07, 6.45) is 0.182. The zero-order valence-electron chi connectivity index (χ0n) is 11.9. The van der Waals surface area contributed by atoms with Crippen molar-refractivity contribution in [3.05, 3.63) is 64.7 Å². The van der Waals surface area contributed by atoms with E-state index in [2.05, 4.69) is 17.6 Å². The molecule has 2 aromatic carbocycles. The van der Waals surface area contributed by atoms with E-state index in [4.69, 9.17) is 0 Å². The minimum atomic E-state index is -0.724. The van der Waals surface area contributed by atoms with Crippen LogP contribution in [-0.4, -0.2) is 11.0 Å². The van der Waals surface area contributed by atoms with Crippen LogP contribution >= 0.6 is 0 Å². The van der Waals surface area contributed by atoms with Gasteiger partial charge in [0.25, 0.3) is 5.91 Å². The van der Waals surface area contributed by atoms with Crippen LogP contribution in [0.25, 0.3) is 0 Å². The third kappa shape index (κ3) is 2.55. The van der Waals surface area contributed by atoms with Crippen molar-refractivity contribution in [1.82, 2.24) is 5.32 Å². The predicted octanol–water partition coefficient (Wildman–Crippen LogP) is 2.60. The molecule has 1 atom stereocenters. The van der Waals surface area contributed by atoms with Crippen LogP contribution in [0.2, 0.25) is 0 Å². The summed E-state index contributed by atoms with van der Waals surface area (Å²) in [5.41, 5.74) is 4.36. The van der Waals surface area contributed by atoms with E-state index in [1.807, 2.05) is 30.3 Å². The molecule has 21 heavy (non-hydrogen) atoms. The van der Waals surface area contributed by atoms with Crippen LogP contribution in [-0.2, 0) is 13.0 Å². The fourth-order valence-electron chi connectivity index (χ4n) is 2.76. The topological polar surface area (TPSA) is 61.4 Å². The quantitative estimate of drug-likeness (QED) is 0.811. The lowest BCUT2D eigenvalue weighted by atomic mass is 9.99. The van der Waals surface area contributed by atoms with Crippen LogP contribution in [0.4, 0.5) is 5.69 Å². The fourth-order valence-corrected chi connectivity index (χ4v) is 2.76. The number of rotatable bonds is 3. The van der Waals surface area contributed by atoms with Crippen LogP contribution in [0.15, 0.2) is 42.5 Å². The van der Waals surface area contributed by atoms with E-state index in [1.165, 1.54) is 5.56 Å². The number of nitrogens with one attached hydrogen (secondary N) is 2. The first-order chi connectivity index (χ1) is 10.2. The van der Waals surface area contributed by atoms with Crippen molar-refractivity contribution in [2.75, 3.05) is 5.32 Å². The Morgan fingerprint density at radius 1 is 1.29 bits per heavy atom. The molecule has 0 bridgehead atoms. The molecule has 1 unspecified atom stereocenters. The van der Waals surface area contributed by atoms with Gasteiger partial charge in [-0.1, -0.05) is 31.2 Å². The van der Waals surface area contributed by atoms with E-state index < -0.39 is 6.23 Å². The van der Waals surface area contributed by atoms with E-state index in [0.717, 1.165) is 17.5 Å². The number of hydrogen-bond donors (Lipinski definition) is 3. The van der Waals surface area contributed by atoms with Crippen molar-refractivity contribution in [2.24, 2.45) is 0 Å². The Labute approximate surface area is 123 Å². The standard InChI is InChI=1S/C17H18N2O2/c1-2-11-8-9-14(15-13(11)10-18-17(15)21)19-16(20)12-6-4-3-5-7-12/h3-9,17-18,21H,2,10H2,1H3,(H,19,20). The molecule has 3 rings (SSSR count). The smallest absolute Gasteiger partial charge is 0.255 e. The summed E-state index contributed by atoms with van der Waals surface area (Å²) < 4.78 is 0. The maximum Gasteiger partial charge on any atom is 0.255 e. The summed E-state index contributed by atoms with van der Waals surface area (Å²) >= 11 is 0. The third-order valence-corrected chi connectivity index (χ3v) is 3.86. The maximum absolute atomic E-state index is 12.3. The highest BCUT2D eigenvalue weighted by Gasteiger charge is 2.25. The van der Waals surface area contributed by atoms with Gasteiger partial charge in [0.05, 0.1) is 0 Å². The molecule has 0 aliphatic carbocycles. The first kappa shape index (κ1) is 13.8. The highest BCUT2D eigenvalue weighted by molar-refractivity contribution is 6.04. The van der Waals surface area contributed by atoms with Gasteiger partial charge in [0.15, 0.2) is 0 Å². The van der Waals surface area contributed by atoms with Crippen molar-refractivity contribution in [3.8, 4) is 0 Å². The molecule has 2 aromatic rings. The van der Waals surface area contributed by atoms with Gasteiger partial charge in [0.2, 0.25) is 0 Å². The van der Waals surface area contributed by atoms with Crippen molar-refractivity contribution in [1.29, 1.82) is 0 Å². The Hall–Kier alpha value is -2.17. The van der Waals surface area contributed by atoms with Gasteiger partial charge in [0, 0.05) is 23.4 Å². The lowest BCUT2D eigenvalue weighted by Gasteiger charge is -2.14. The lowest BCUT2D eigenvalue weighted by Crippen LogP contribution is -2.16. The molecule has 1 heterocycles. The first-order valence-electron chi connectivity index (χ1n) is 7.13. The van der Waals surface area contributed by atoms with Gasteiger partial charge >= 0.3 is 0 Å². The van der Waals surface area contributed by atoms with Crippen LogP contribution in [0, 0.1) is 0 Å². The van der Waals surface area contributed by atoms with E-state index in [-0.39, 0.29) is 5.91 Å². The molecule has 0 radical (unpaired) electrons. The fraction of sp³-hybridized carbons (Fsp3) is 0.235. The molecular formula is C17H18N2O2. The van der Waals surface area contributed by atoms with E-state index in [1.54, 1.807) is 12.1 Å². The number of benzene rings is 2. The third-order valence-electron chi connectivity index (χ3n) is 3.86. The van der Waals surface area contributed by atoms with Crippen LogP contribution in [0.1, 0.15) is 40.2 Å². The van der Waals surface area contributed by atoms with E-state index >= 15 is 0 Å². The molecule has 1 amide bonds. The van der Waals surface area contributed by atoms with Gasteiger partial charge in [0.1, 0.15) is 6.23 Å². The Morgan fingerprint density at radius 2 is 2.05 bits per heavy atom. The van der Waals surface area contributed by atoms with Gasteiger partial charge in [-0.2, -0.15) is 0 Å². The zero-order chi connectivity index (χ0) is 14.8. The highest BCUT2D eigenvalue weighted by Crippen LogP contribution is 2.33. The summed E-state index contributed by atoms with van der Waals surface area (Å²) in [4.78, 5) is 12.3. The van der Waals surface area contributed by atoms with Crippen molar-refractivity contribution in [2.45, 2.75) is 26.1 Å². The number of amides is 1. The summed E-state index contributed by atoms with van der Waals surface area (Å²) in [6.45, 7) is 2.72. The molecule has 4 nitrogen and oxygen atoms in total. The minimum absolute atomic E-state index is 0.166. The molecule has 0 spiro atoms. The Kier molecular flexibility index (Phi) is 3.73. The SMILES string of the molecule is CCc1ccc(NC(=O)c2ccccc2)c2c1CNC2O. The molecular weight excluding hydrogens is 264 g/mol. The zero-order valence-corrected chi connectivity index (χ0v) is 11.9. The van der Waals surface area contributed by atoms with Crippen LogP contribution < -0.4 is 10.6 Å². The molecule has 4 heteroatoms. The Morgan fingerprint density at radius 3 is 2.76 bits per heavy atom. The molecule has 1 aliphatic rings. The minimum Gasteiger partial charge on any atom is -0.374 e. The van der Waals surface area contributed by atoms with Gasteiger partial charge in [-0.25, -0.2) is 0 Å². The maximum atomic E-state index is 12.3. The second kappa shape index (κ2) is 5.68. The first-order valence-corrected chi connectivity index (χ1v) is 7.13. The number of hydrogen-bond acceptors (Lipinski definition) is 3. The van der Waals surface area contributed by atoms with Gasteiger partial charge in [-0.05, 0) is 35.7 Å². The second-order valence-electron chi connectivity index (χ2n) is 5.12. The highest BCUT2D eigenvalue weighted by atomic mass is 16.3. The Balaban J connectivity index is 1.94. The number of carbonyl (C=O) groups excluding carboxylic acids is 1. The molecule has 0 fully saturated rings. The average molecular weight is 282 g/mol. The molecule has 0 aromatic heterocycles. The van der Waals surface area contributed by atoms with E-state index in [0.29, 0.717) is 17.8 Å². The number of carbonyl (C=O) groups is 1. The molecule has 0 saturated heterocycles. The van der Waals surface area contributed by atoms with Crippen molar-refractivity contribution < 1.29 is 9.90 Å². The molecule has 1 aliphatic heterocycles. The molecule has 108 valence electrons. The summed E-state index contributed by atoms with van der Waals surface area (Å²) in [6, 6.07) is 13.0. The number of anilines is 1. The lowest BCUT2D eigenvalue weighted by molar-refractivity contribution is 0.102. The summed E-state index contributed by atoms with van der Waals surface area (Å²) in [5.74, 6) is -0.166. The number of aliphatic hydroxyl groups is 1. The van der Waals surface area contributed by atoms with E-state index in [9.17, 15) is 9.90 Å². The number of aliphatic hydroxyl groups excluding tert-OH is 1. The predicted molar refractivity (Wildman–Crippen MR) is 82.0 cm³/mol. The second-order valence-corrected chi connectivity index (χ2v) is 5.12. The molecule has 3 N–H and O–H groups in total. The van der Waals surface area contributed by atoms with Crippen molar-refractivity contribution in [3.63, 3.8) is 0 Å². The largest absolute Gasteiger partial charge is 0.374 e. The van der Waals surface area contributed by atoms with Gasteiger partial charge in [-0.3, -0.25) is 10.1 Å². The van der Waals surface area contributed by atoms with Gasteiger partial charge in [-0.15, -0.1) is 0 Å². The van der Waals surface area contributed by atoms with Gasteiger partial charge < -0.3 is 10.4 Å². The normalized spacial score (nSPS) is 16.6. The van der Waals surface area contributed by atoms with Crippen LogP contribution in [0.3, 0.4) is 0 Å². The monoisotopic (exact) mass is 282 g/mol.